The summed E-state index contributed by atoms with van der Waals surface area (Å²) in [6, 6.07) is 7.78. The minimum Gasteiger partial charge on any atom is -0.396 e. The van der Waals surface area contributed by atoms with Crippen molar-refractivity contribution in [3.8, 4) is 0 Å². The minimum absolute atomic E-state index is 0.208. The summed E-state index contributed by atoms with van der Waals surface area (Å²) in [5.74, 6) is -0.419. The number of hydrogen-bond donors (Lipinski definition) is 2. The van der Waals surface area contributed by atoms with Crippen molar-refractivity contribution in [2.24, 2.45) is 0 Å². The summed E-state index contributed by atoms with van der Waals surface area (Å²) in [5.41, 5.74) is 6.51. The molecule has 2 aromatic carbocycles. The first kappa shape index (κ1) is 15.3. The van der Waals surface area contributed by atoms with Gasteiger partial charge in [0.15, 0.2) is 0 Å². The standard InChI is InChI=1S/C13H8Cl4N2O/c14-7-2-1-3-10(11(7)17)19-13(20)6-4-8(15)12(18)9(16)5-6/h1-5H,18H2,(H,19,20). The molecular weight excluding hydrogens is 342 g/mol. The monoisotopic (exact) mass is 348 g/mol. The van der Waals surface area contributed by atoms with Crippen LogP contribution in [-0.4, -0.2) is 5.91 Å². The second-order valence-electron chi connectivity index (χ2n) is 3.91. The van der Waals surface area contributed by atoms with Gasteiger partial charge in [0.25, 0.3) is 5.91 Å². The number of nitrogens with two attached hydrogens (primary N) is 1. The number of halogens is 4. The van der Waals surface area contributed by atoms with Crippen LogP contribution < -0.4 is 11.1 Å². The van der Waals surface area contributed by atoms with Gasteiger partial charge in [-0.2, -0.15) is 0 Å². The summed E-state index contributed by atoms with van der Waals surface area (Å²) in [4.78, 5) is 12.1. The lowest BCUT2D eigenvalue weighted by Crippen LogP contribution is -2.12. The second-order valence-corrected chi connectivity index (χ2v) is 5.51. The topological polar surface area (TPSA) is 55.1 Å². The van der Waals surface area contributed by atoms with Crippen LogP contribution in [0.25, 0.3) is 0 Å². The number of nitrogens with one attached hydrogen (secondary N) is 1. The average Bonchev–Trinajstić information content (AvgIpc) is 2.40. The molecule has 0 aliphatic heterocycles. The Labute approximate surface area is 135 Å². The van der Waals surface area contributed by atoms with Crippen LogP contribution in [0.2, 0.25) is 20.1 Å². The van der Waals surface area contributed by atoms with E-state index in [0.29, 0.717) is 10.7 Å². The number of benzene rings is 2. The van der Waals surface area contributed by atoms with Gasteiger partial charge in [-0.25, -0.2) is 0 Å². The zero-order valence-electron chi connectivity index (χ0n) is 9.88. The highest BCUT2D eigenvalue weighted by Gasteiger charge is 2.13. The third-order valence-corrected chi connectivity index (χ3v) is 3.99. The molecule has 0 atom stereocenters. The van der Waals surface area contributed by atoms with Gasteiger partial charge in [0, 0.05) is 5.56 Å². The van der Waals surface area contributed by atoms with Crippen molar-refractivity contribution in [2.75, 3.05) is 11.1 Å². The Morgan fingerprint density at radius 3 is 2.20 bits per heavy atom. The van der Waals surface area contributed by atoms with Crippen LogP contribution >= 0.6 is 46.4 Å². The maximum absolute atomic E-state index is 12.1. The largest absolute Gasteiger partial charge is 0.396 e. The Morgan fingerprint density at radius 2 is 1.60 bits per heavy atom. The van der Waals surface area contributed by atoms with E-state index in [1.165, 1.54) is 12.1 Å². The molecule has 2 aromatic rings. The van der Waals surface area contributed by atoms with Crippen LogP contribution in [0, 0.1) is 0 Å². The highest BCUT2D eigenvalue weighted by Crippen LogP contribution is 2.31. The molecule has 1 amide bonds. The fourth-order valence-electron chi connectivity index (χ4n) is 1.51. The number of carbonyl (C=O) groups excluding carboxylic acids is 1. The van der Waals surface area contributed by atoms with Crippen molar-refractivity contribution in [2.45, 2.75) is 0 Å². The van der Waals surface area contributed by atoms with Crippen molar-refractivity contribution in [1.82, 2.24) is 0 Å². The van der Waals surface area contributed by atoms with Gasteiger partial charge in [-0.1, -0.05) is 52.5 Å². The van der Waals surface area contributed by atoms with E-state index in [4.69, 9.17) is 52.1 Å². The normalized spacial score (nSPS) is 10.4. The summed E-state index contributed by atoms with van der Waals surface area (Å²) in [6.45, 7) is 0. The van der Waals surface area contributed by atoms with E-state index < -0.39 is 5.91 Å². The number of anilines is 2. The maximum Gasteiger partial charge on any atom is 0.255 e. The first-order valence-electron chi connectivity index (χ1n) is 5.40. The molecule has 2 rings (SSSR count). The predicted molar refractivity (Wildman–Crippen MR) is 85.3 cm³/mol. The van der Waals surface area contributed by atoms with E-state index in [2.05, 4.69) is 5.32 Å². The predicted octanol–water partition coefficient (Wildman–Crippen LogP) is 5.13. The van der Waals surface area contributed by atoms with Gasteiger partial charge in [-0.15, -0.1) is 0 Å². The fraction of sp³-hybridized carbons (Fsp3) is 0. The van der Waals surface area contributed by atoms with Crippen molar-refractivity contribution in [3.63, 3.8) is 0 Å². The maximum atomic E-state index is 12.1. The Hall–Kier alpha value is -1.13. The molecule has 0 unspecified atom stereocenters. The van der Waals surface area contributed by atoms with E-state index in [1.807, 2.05) is 0 Å². The number of hydrogen-bond acceptors (Lipinski definition) is 2. The molecule has 7 heteroatoms. The molecular formula is C13H8Cl4N2O. The molecule has 0 saturated carbocycles. The summed E-state index contributed by atoms with van der Waals surface area (Å²) < 4.78 is 0. The number of amides is 1. The van der Waals surface area contributed by atoms with E-state index in [0.717, 1.165) is 0 Å². The SMILES string of the molecule is Nc1c(Cl)cc(C(=O)Nc2cccc(Cl)c2Cl)cc1Cl. The Kier molecular flexibility index (Phi) is 4.66. The molecule has 0 aromatic heterocycles. The van der Waals surface area contributed by atoms with Crippen LogP contribution in [-0.2, 0) is 0 Å². The molecule has 3 N–H and O–H groups in total. The molecule has 0 aliphatic rings. The molecule has 0 fully saturated rings. The Balaban J connectivity index is 2.31. The molecule has 0 saturated heterocycles. The summed E-state index contributed by atoms with van der Waals surface area (Å²) in [6.07, 6.45) is 0. The van der Waals surface area contributed by atoms with Gasteiger partial charge in [-0.05, 0) is 24.3 Å². The molecule has 0 radical (unpaired) electrons. The molecule has 0 spiro atoms. The molecule has 20 heavy (non-hydrogen) atoms. The smallest absolute Gasteiger partial charge is 0.255 e. The van der Waals surface area contributed by atoms with Gasteiger partial charge in [0.05, 0.1) is 31.5 Å². The molecule has 0 bridgehead atoms. The van der Waals surface area contributed by atoms with E-state index in [9.17, 15) is 4.79 Å². The zero-order valence-corrected chi connectivity index (χ0v) is 12.9. The lowest BCUT2D eigenvalue weighted by Gasteiger charge is -2.09. The molecule has 0 aliphatic carbocycles. The van der Waals surface area contributed by atoms with Crippen LogP contribution in [0.4, 0.5) is 11.4 Å². The third-order valence-electron chi connectivity index (χ3n) is 2.54. The Bertz CT molecular complexity index is 665. The number of rotatable bonds is 2. The van der Waals surface area contributed by atoms with Crippen molar-refractivity contribution < 1.29 is 4.79 Å². The average molecular weight is 350 g/mol. The van der Waals surface area contributed by atoms with Crippen LogP contribution in [0.3, 0.4) is 0 Å². The van der Waals surface area contributed by atoms with Gasteiger partial charge in [-0.3, -0.25) is 4.79 Å². The van der Waals surface area contributed by atoms with Gasteiger partial charge in [0.2, 0.25) is 0 Å². The zero-order chi connectivity index (χ0) is 14.9. The first-order valence-corrected chi connectivity index (χ1v) is 6.91. The highest BCUT2D eigenvalue weighted by atomic mass is 35.5. The van der Waals surface area contributed by atoms with Gasteiger partial charge < -0.3 is 11.1 Å². The fourth-order valence-corrected chi connectivity index (χ4v) is 2.35. The third kappa shape index (κ3) is 3.13. The summed E-state index contributed by atoms with van der Waals surface area (Å²) in [5, 5.41) is 3.65. The number of nitrogen functional groups attached to an aromatic ring is 1. The lowest BCUT2D eigenvalue weighted by molar-refractivity contribution is 0.102. The van der Waals surface area contributed by atoms with Crippen LogP contribution in [0.1, 0.15) is 10.4 Å². The quantitative estimate of drug-likeness (QED) is 0.738. The van der Waals surface area contributed by atoms with Gasteiger partial charge in [0.1, 0.15) is 0 Å². The van der Waals surface area contributed by atoms with Crippen LogP contribution in [0.5, 0.6) is 0 Å². The molecule has 3 nitrogen and oxygen atoms in total. The summed E-state index contributed by atoms with van der Waals surface area (Å²) in [7, 11) is 0. The lowest BCUT2D eigenvalue weighted by atomic mass is 10.2. The van der Waals surface area contributed by atoms with Crippen molar-refractivity contribution in [1.29, 1.82) is 0 Å². The van der Waals surface area contributed by atoms with Crippen molar-refractivity contribution in [3.05, 3.63) is 56.0 Å². The highest BCUT2D eigenvalue weighted by molar-refractivity contribution is 6.44. The van der Waals surface area contributed by atoms with E-state index >= 15 is 0 Å². The molecule has 0 heterocycles. The van der Waals surface area contributed by atoms with Gasteiger partial charge >= 0.3 is 0 Å². The minimum atomic E-state index is -0.419. The second kappa shape index (κ2) is 6.10. The summed E-state index contributed by atoms with van der Waals surface area (Å²) >= 11 is 23.6. The van der Waals surface area contributed by atoms with E-state index in [-0.39, 0.29) is 26.3 Å². The van der Waals surface area contributed by atoms with Crippen LogP contribution in [0.15, 0.2) is 30.3 Å². The number of carbonyl (C=O) groups is 1. The van der Waals surface area contributed by atoms with Crippen molar-refractivity contribution >= 4 is 63.7 Å². The molecule has 104 valence electrons. The van der Waals surface area contributed by atoms with E-state index in [1.54, 1.807) is 18.2 Å². The Morgan fingerprint density at radius 1 is 1.00 bits per heavy atom. The first-order chi connectivity index (χ1) is 9.40.